The Hall–Kier alpha value is -3.56. The number of hydrogen-bond donors (Lipinski definition) is 1. The van der Waals surface area contributed by atoms with Crippen molar-refractivity contribution in [3.63, 3.8) is 0 Å². The topological polar surface area (TPSA) is 86.8 Å². The number of carbonyl (C=O) groups excluding carboxylic acids is 2. The van der Waals surface area contributed by atoms with Crippen LogP contribution in [0.25, 0.3) is 0 Å². The third-order valence-corrected chi connectivity index (χ3v) is 10.3. The van der Waals surface area contributed by atoms with E-state index in [-0.39, 0.29) is 29.6 Å². The predicted molar refractivity (Wildman–Crippen MR) is 186 cm³/mol. The maximum absolute atomic E-state index is 14.6. The van der Waals surface area contributed by atoms with E-state index >= 15 is 0 Å². The smallest absolute Gasteiger partial charge is 0.264 e. The maximum atomic E-state index is 14.6. The summed E-state index contributed by atoms with van der Waals surface area (Å²) in [6.45, 7) is 6.53. The standard InChI is InChI=1S/C35H36Cl3N3O4S/c1-23(2)39-35(43)33(19-26-9-6-5-7-10-26)40(21-29-30(36)11-8-12-31(29)37)34(42)22-41(27-16-15-25(4)32(38)20-27)46(44,45)28-17-13-24(3)14-18-28/h5-18,20,23,33H,19,21-22H2,1-4H3,(H,39,43). The maximum Gasteiger partial charge on any atom is 0.264 e. The lowest BCUT2D eigenvalue weighted by molar-refractivity contribution is -0.140. The summed E-state index contributed by atoms with van der Waals surface area (Å²) < 4.78 is 29.4. The summed E-state index contributed by atoms with van der Waals surface area (Å²) in [6, 6.07) is 24.2. The van der Waals surface area contributed by atoms with Crippen molar-refractivity contribution in [1.82, 2.24) is 10.2 Å². The van der Waals surface area contributed by atoms with Crippen LogP contribution < -0.4 is 9.62 Å². The van der Waals surface area contributed by atoms with Crippen LogP contribution in [0.5, 0.6) is 0 Å². The zero-order valence-electron chi connectivity index (χ0n) is 26.0. The van der Waals surface area contributed by atoms with Gasteiger partial charge in [-0.1, -0.05) is 95.0 Å². The van der Waals surface area contributed by atoms with E-state index < -0.39 is 34.4 Å². The van der Waals surface area contributed by atoms with Gasteiger partial charge in [-0.3, -0.25) is 13.9 Å². The summed E-state index contributed by atoms with van der Waals surface area (Å²) in [5, 5.41) is 3.88. The number of hydrogen-bond acceptors (Lipinski definition) is 4. The van der Waals surface area contributed by atoms with E-state index in [0.717, 1.165) is 21.0 Å². The Morgan fingerprint density at radius 1 is 0.804 bits per heavy atom. The van der Waals surface area contributed by atoms with E-state index in [1.54, 1.807) is 49.4 Å². The monoisotopic (exact) mass is 699 g/mol. The fourth-order valence-corrected chi connectivity index (χ4v) is 6.99. The second kappa shape index (κ2) is 15.4. The predicted octanol–water partition coefficient (Wildman–Crippen LogP) is 7.62. The van der Waals surface area contributed by atoms with Gasteiger partial charge < -0.3 is 10.2 Å². The molecule has 1 unspecified atom stereocenters. The molecule has 1 N–H and O–H groups in total. The fraction of sp³-hybridized carbons (Fsp3) is 0.257. The van der Waals surface area contributed by atoms with Gasteiger partial charge in [-0.2, -0.15) is 0 Å². The first-order valence-electron chi connectivity index (χ1n) is 14.7. The number of anilines is 1. The summed E-state index contributed by atoms with van der Waals surface area (Å²) in [5.74, 6) is -1.04. The quantitative estimate of drug-likeness (QED) is 0.165. The second-order valence-electron chi connectivity index (χ2n) is 11.3. The highest BCUT2D eigenvalue weighted by molar-refractivity contribution is 7.92. The molecular weight excluding hydrogens is 665 g/mol. The molecule has 4 rings (SSSR count). The van der Waals surface area contributed by atoms with E-state index in [2.05, 4.69) is 5.32 Å². The highest BCUT2D eigenvalue weighted by Crippen LogP contribution is 2.31. The van der Waals surface area contributed by atoms with Crippen LogP contribution in [0.3, 0.4) is 0 Å². The van der Waals surface area contributed by atoms with Crippen LogP contribution in [0.2, 0.25) is 15.1 Å². The molecule has 0 aliphatic carbocycles. The summed E-state index contributed by atoms with van der Waals surface area (Å²) in [6.07, 6.45) is 0.161. The van der Waals surface area contributed by atoms with Gasteiger partial charge in [-0.05, 0) is 75.2 Å². The molecule has 0 heterocycles. The minimum atomic E-state index is -4.27. The average Bonchev–Trinajstić information content (AvgIpc) is 3.00. The van der Waals surface area contributed by atoms with Crippen LogP contribution in [-0.2, 0) is 32.6 Å². The SMILES string of the molecule is Cc1ccc(S(=O)(=O)N(CC(=O)N(Cc2c(Cl)cccc2Cl)C(Cc2ccccc2)C(=O)NC(C)C)c2ccc(C)c(Cl)c2)cc1. The first kappa shape index (κ1) is 35.3. The van der Waals surface area contributed by atoms with Gasteiger partial charge in [-0.15, -0.1) is 0 Å². The third-order valence-electron chi connectivity index (χ3n) is 7.42. The number of amides is 2. The molecule has 1 atom stereocenters. The van der Waals surface area contributed by atoms with Gasteiger partial charge in [0.25, 0.3) is 10.0 Å². The Balaban J connectivity index is 1.86. The molecule has 4 aromatic rings. The van der Waals surface area contributed by atoms with Gasteiger partial charge in [0.05, 0.1) is 10.6 Å². The molecule has 0 aliphatic rings. The highest BCUT2D eigenvalue weighted by atomic mass is 35.5. The molecule has 0 fully saturated rings. The number of rotatable bonds is 12. The molecule has 0 radical (unpaired) electrons. The lowest BCUT2D eigenvalue weighted by Gasteiger charge is -2.34. The van der Waals surface area contributed by atoms with Gasteiger partial charge in [0.1, 0.15) is 12.6 Å². The first-order chi connectivity index (χ1) is 21.8. The summed E-state index contributed by atoms with van der Waals surface area (Å²) >= 11 is 19.6. The molecule has 11 heteroatoms. The van der Waals surface area contributed by atoms with E-state index in [9.17, 15) is 18.0 Å². The van der Waals surface area contributed by atoms with Crippen LogP contribution in [0.1, 0.15) is 36.1 Å². The van der Waals surface area contributed by atoms with Crippen molar-refractivity contribution in [3.05, 3.63) is 128 Å². The zero-order chi connectivity index (χ0) is 33.6. The van der Waals surface area contributed by atoms with Crippen LogP contribution >= 0.6 is 34.8 Å². The molecular formula is C35H36Cl3N3O4S. The summed E-state index contributed by atoms with van der Waals surface area (Å²) in [7, 11) is -4.27. The number of halogens is 3. The molecule has 0 bridgehead atoms. The fourth-order valence-electron chi connectivity index (χ4n) is 4.89. The van der Waals surface area contributed by atoms with E-state index in [1.807, 2.05) is 51.1 Å². The highest BCUT2D eigenvalue weighted by Gasteiger charge is 2.35. The van der Waals surface area contributed by atoms with Crippen molar-refractivity contribution < 1.29 is 18.0 Å². The van der Waals surface area contributed by atoms with Crippen molar-refractivity contribution in [2.75, 3.05) is 10.8 Å². The Bertz CT molecular complexity index is 1780. The molecule has 0 saturated heterocycles. The number of nitrogens with zero attached hydrogens (tertiary/aromatic N) is 2. The largest absolute Gasteiger partial charge is 0.352 e. The molecule has 0 saturated carbocycles. The van der Waals surface area contributed by atoms with Crippen molar-refractivity contribution in [3.8, 4) is 0 Å². The molecule has 242 valence electrons. The summed E-state index contributed by atoms with van der Waals surface area (Å²) in [5.41, 5.74) is 3.06. The average molecular weight is 701 g/mol. The van der Waals surface area contributed by atoms with Crippen molar-refractivity contribution >= 4 is 62.3 Å². The molecule has 0 aromatic heterocycles. The van der Waals surface area contributed by atoms with E-state index in [4.69, 9.17) is 34.8 Å². The molecule has 4 aromatic carbocycles. The van der Waals surface area contributed by atoms with Crippen LogP contribution in [0, 0.1) is 13.8 Å². The van der Waals surface area contributed by atoms with Crippen LogP contribution in [0.15, 0.2) is 95.9 Å². The van der Waals surface area contributed by atoms with Crippen molar-refractivity contribution in [2.24, 2.45) is 0 Å². The molecule has 2 amide bonds. The number of sulfonamides is 1. The number of benzene rings is 4. The van der Waals surface area contributed by atoms with Crippen LogP contribution in [-0.4, -0.2) is 43.8 Å². The zero-order valence-corrected chi connectivity index (χ0v) is 29.1. The molecule has 0 spiro atoms. The Kier molecular flexibility index (Phi) is 11.8. The van der Waals surface area contributed by atoms with Gasteiger partial charge in [0, 0.05) is 39.6 Å². The number of nitrogens with one attached hydrogen (secondary N) is 1. The van der Waals surface area contributed by atoms with Crippen molar-refractivity contribution in [1.29, 1.82) is 0 Å². The summed E-state index contributed by atoms with van der Waals surface area (Å²) in [4.78, 5) is 29.8. The van der Waals surface area contributed by atoms with Crippen molar-refractivity contribution in [2.45, 2.75) is 57.6 Å². The Morgan fingerprint density at radius 3 is 2.02 bits per heavy atom. The minimum Gasteiger partial charge on any atom is -0.352 e. The third kappa shape index (κ3) is 8.62. The first-order valence-corrected chi connectivity index (χ1v) is 17.3. The van der Waals surface area contributed by atoms with Crippen LogP contribution in [0.4, 0.5) is 5.69 Å². The normalized spacial score (nSPS) is 12.1. The Labute approximate surface area is 286 Å². The van der Waals surface area contributed by atoms with E-state index in [1.165, 1.54) is 23.1 Å². The van der Waals surface area contributed by atoms with Gasteiger partial charge >= 0.3 is 0 Å². The molecule has 0 aliphatic heterocycles. The van der Waals surface area contributed by atoms with E-state index in [0.29, 0.717) is 20.6 Å². The lowest BCUT2D eigenvalue weighted by Crippen LogP contribution is -2.54. The van der Waals surface area contributed by atoms with Gasteiger partial charge in [0.15, 0.2) is 0 Å². The molecule has 46 heavy (non-hydrogen) atoms. The minimum absolute atomic E-state index is 0.00156. The number of aryl methyl sites for hydroxylation is 2. The second-order valence-corrected chi connectivity index (χ2v) is 14.4. The van der Waals surface area contributed by atoms with Gasteiger partial charge in [0.2, 0.25) is 11.8 Å². The number of carbonyl (C=O) groups is 2. The van der Waals surface area contributed by atoms with Gasteiger partial charge in [-0.25, -0.2) is 8.42 Å². The lowest BCUT2D eigenvalue weighted by atomic mass is 10.0. The Morgan fingerprint density at radius 2 is 1.43 bits per heavy atom. The molecule has 7 nitrogen and oxygen atoms in total.